The van der Waals surface area contributed by atoms with E-state index >= 15 is 0 Å². The summed E-state index contributed by atoms with van der Waals surface area (Å²) in [5, 5.41) is 0. The average Bonchev–Trinajstić information content (AvgIpc) is 2.41. The van der Waals surface area contributed by atoms with Gasteiger partial charge < -0.3 is 9.64 Å². The van der Waals surface area contributed by atoms with E-state index in [-0.39, 0.29) is 18.2 Å². The first-order valence-corrected chi connectivity index (χ1v) is 8.29. The van der Waals surface area contributed by atoms with Gasteiger partial charge in [0.05, 0.1) is 0 Å². The highest BCUT2D eigenvalue weighted by Crippen LogP contribution is 2.21. The Hall–Kier alpha value is -1.21. The fraction of sp³-hybridized carbons (Fsp3) is 0.562. The van der Waals surface area contributed by atoms with E-state index in [0.29, 0.717) is 30.7 Å². The summed E-state index contributed by atoms with van der Waals surface area (Å²) in [5.41, 5.74) is -0.475. The van der Waals surface area contributed by atoms with Crippen LogP contribution in [0.1, 0.15) is 26.3 Å². The monoisotopic (exact) mass is 390 g/mol. The SMILES string of the molecule is CC(C)(C)OC(=O)N1CCN(Cc2c(F)cc(Br)cc2F)CC1. The van der Waals surface area contributed by atoms with Crippen LogP contribution in [0.4, 0.5) is 13.6 Å². The number of carbonyl (C=O) groups is 1. The van der Waals surface area contributed by atoms with Crippen molar-refractivity contribution in [3.05, 3.63) is 33.8 Å². The lowest BCUT2D eigenvalue weighted by Crippen LogP contribution is -2.49. The predicted octanol–water partition coefficient (Wildman–Crippen LogP) is 3.78. The lowest BCUT2D eigenvalue weighted by molar-refractivity contribution is 0.0137. The summed E-state index contributed by atoms with van der Waals surface area (Å²) in [6.45, 7) is 7.71. The van der Waals surface area contributed by atoms with Gasteiger partial charge in [0, 0.05) is 42.8 Å². The van der Waals surface area contributed by atoms with Crippen LogP contribution in [0.5, 0.6) is 0 Å². The minimum absolute atomic E-state index is 0.0546. The molecule has 2 rings (SSSR count). The maximum atomic E-state index is 13.9. The normalized spacial score (nSPS) is 16.5. The molecule has 0 bridgehead atoms. The second-order valence-corrected chi connectivity index (χ2v) is 7.51. The molecular formula is C16H21BrF2N2O2. The molecule has 0 unspecified atom stereocenters. The van der Waals surface area contributed by atoms with Gasteiger partial charge in [-0.15, -0.1) is 0 Å². The molecule has 1 aromatic rings. The Kier molecular flexibility index (Phi) is 5.62. The van der Waals surface area contributed by atoms with E-state index in [1.807, 2.05) is 25.7 Å². The number of hydrogen-bond donors (Lipinski definition) is 0. The van der Waals surface area contributed by atoms with E-state index in [1.54, 1.807) is 4.90 Å². The first-order valence-electron chi connectivity index (χ1n) is 7.49. The Morgan fingerprint density at radius 1 is 1.17 bits per heavy atom. The first kappa shape index (κ1) is 18.1. The van der Waals surface area contributed by atoms with Gasteiger partial charge in [0.25, 0.3) is 0 Å². The highest BCUT2D eigenvalue weighted by Gasteiger charge is 2.26. The van der Waals surface area contributed by atoms with Crippen LogP contribution >= 0.6 is 15.9 Å². The van der Waals surface area contributed by atoms with Gasteiger partial charge in [-0.25, -0.2) is 13.6 Å². The molecule has 4 nitrogen and oxygen atoms in total. The molecule has 7 heteroatoms. The Labute approximate surface area is 143 Å². The molecule has 1 aliphatic rings. The van der Waals surface area contributed by atoms with Crippen molar-refractivity contribution in [2.45, 2.75) is 32.9 Å². The van der Waals surface area contributed by atoms with Crippen LogP contribution in [0.15, 0.2) is 16.6 Å². The zero-order valence-electron chi connectivity index (χ0n) is 13.5. The summed E-state index contributed by atoms with van der Waals surface area (Å²) < 4.78 is 33.5. The van der Waals surface area contributed by atoms with Gasteiger partial charge in [0.2, 0.25) is 0 Å². The number of amides is 1. The van der Waals surface area contributed by atoms with Crippen molar-refractivity contribution in [3.8, 4) is 0 Å². The van der Waals surface area contributed by atoms with E-state index in [2.05, 4.69) is 15.9 Å². The third-order valence-electron chi connectivity index (χ3n) is 3.51. The molecular weight excluding hydrogens is 370 g/mol. The lowest BCUT2D eigenvalue weighted by atomic mass is 10.1. The zero-order valence-corrected chi connectivity index (χ0v) is 15.1. The standard InChI is InChI=1S/C16H21BrF2N2O2/c1-16(2,3)23-15(22)21-6-4-20(5-7-21)10-12-13(18)8-11(17)9-14(12)19/h8-9H,4-7,10H2,1-3H3. The van der Waals surface area contributed by atoms with E-state index < -0.39 is 17.2 Å². The highest BCUT2D eigenvalue weighted by molar-refractivity contribution is 9.10. The van der Waals surface area contributed by atoms with Crippen molar-refractivity contribution < 1.29 is 18.3 Å². The molecule has 0 N–H and O–H groups in total. The van der Waals surface area contributed by atoms with Crippen LogP contribution in [0, 0.1) is 11.6 Å². The number of hydrogen-bond acceptors (Lipinski definition) is 3. The number of piperazine rings is 1. The summed E-state index contributed by atoms with van der Waals surface area (Å²) in [6, 6.07) is 2.52. The Bertz CT molecular complexity index is 559. The van der Waals surface area contributed by atoms with Gasteiger partial charge in [-0.05, 0) is 32.9 Å². The van der Waals surface area contributed by atoms with Crippen LogP contribution in [0.3, 0.4) is 0 Å². The largest absolute Gasteiger partial charge is 0.444 e. The molecule has 0 aliphatic carbocycles. The number of benzene rings is 1. The molecule has 1 aromatic carbocycles. The molecule has 1 amide bonds. The van der Waals surface area contributed by atoms with Crippen molar-refractivity contribution >= 4 is 22.0 Å². The molecule has 0 atom stereocenters. The second kappa shape index (κ2) is 7.13. The summed E-state index contributed by atoms with van der Waals surface area (Å²) in [5.74, 6) is -1.13. The highest BCUT2D eigenvalue weighted by atomic mass is 79.9. The molecule has 0 spiro atoms. The van der Waals surface area contributed by atoms with Gasteiger partial charge >= 0.3 is 6.09 Å². The van der Waals surface area contributed by atoms with E-state index in [0.717, 1.165) is 0 Å². The van der Waals surface area contributed by atoms with Crippen molar-refractivity contribution in [3.63, 3.8) is 0 Å². The van der Waals surface area contributed by atoms with Gasteiger partial charge in [0.1, 0.15) is 17.2 Å². The minimum atomic E-state index is -0.563. The van der Waals surface area contributed by atoms with Crippen molar-refractivity contribution in [2.24, 2.45) is 0 Å². The van der Waals surface area contributed by atoms with Crippen LogP contribution < -0.4 is 0 Å². The summed E-state index contributed by atoms with van der Waals surface area (Å²) in [4.78, 5) is 15.5. The van der Waals surface area contributed by atoms with Gasteiger partial charge in [-0.2, -0.15) is 0 Å². The predicted molar refractivity (Wildman–Crippen MR) is 87.1 cm³/mol. The molecule has 0 radical (unpaired) electrons. The van der Waals surface area contributed by atoms with Crippen LogP contribution in [0.25, 0.3) is 0 Å². The molecule has 1 fully saturated rings. The third kappa shape index (κ3) is 5.14. The summed E-state index contributed by atoms with van der Waals surface area (Å²) >= 11 is 3.07. The molecule has 0 saturated carbocycles. The number of nitrogens with zero attached hydrogens (tertiary/aromatic N) is 2. The zero-order chi connectivity index (χ0) is 17.2. The number of halogens is 3. The molecule has 23 heavy (non-hydrogen) atoms. The fourth-order valence-electron chi connectivity index (χ4n) is 2.36. The fourth-order valence-corrected chi connectivity index (χ4v) is 2.76. The van der Waals surface area contributed by atoms with Crippen molar-refractivity contribution in [2.75, 3.05) is 26.2 Å². The molecule has 1 saturated heterocycles. The van der Waals surface area contributed by atoms with Gasteiger partial charge in [-0.3, -0.25) is 4.90 Å². The maximum absolute atomic E-state index is 13.9. The van der Waals surface area contributed by atoms with Crippen molar-refractivity contribution in [1.82, 2.24) is 9.80 Å². The number of ether oxygens (including phenoxy) is 1. The maximum Gasteiger partial charge on any atom is 0.410 e. The number of carbonyl (C=O) groups excluding carboxylic acids is 1. The van der Waals surface area contributed by atoms with Crippen molar-refractivity contribution in [1.29, 1.82) is 0 Å². The van der Waals surface area contributed by atoms with Crippen LogP contribution in [-0.4, -0.2) is 47.7 Å². The smallest absolute Gasteiger partial charge is 0.410 e. The summed E-state index contributed by atoms with van der Waals surface area (Å²) in [6.07, 6.45) is -0.349. The lowest BCUT2D eigenvalue weighted by Gasteiger charge is -2.35. The topological polar surface area (TPSA) is 32.8 Å². The van der Waals surface area contributed by atoms with Crippen LogP contribution in [-0.2, 0) is 11.3 Å². The molecule has 128 valence electrons. The van der Waals surface area contributed by atoms with Gasteiger partial charge in [-0.1, -0.05) is 15.9 Å². The van der Waals surface area contributed by atoms with Gasteiger partial charge in [0.15, 0.2) is 0 Å². The first-order chi connectivity index (χ1) is 10.7. The molecule has 1 heterocycles. The quantitative estimate of drug-likeness (QED) is 0.770. The minimum Gasteiger partial charge on any atom is -0.444 e. The van der Waals surface area contributed by atoms with E-state index in [4.69, 9.17) is 4.74 Å². The molecule has 0 aromatic heterocycles. The van der Waals surface area contributed by atoms with Crippen LogP contribution in [0.2, 0.25) is 0 Å². The number of rotatable bonds is 2. The second-order valence-electron chi connectivity index (χ2n) is 6.59. The average molecular weight is 391 g/mol. The summed E-state index contributed by atoms with van der Waals surface area (Å²) in [7, 11) is 0. The Morgan fingerprint density at radius 2 is 1.70 bits per heavy atom. The molecule has 1 aliphatic heterocycles. The third-order valence-corrected chi connectivity index (χ3v) is 3.97. The van der Waals surface area contributed by atoms with E-state index in [1.165, 1.54) is 12.1 Å². The Balaban J connectivity index is 1.92. The Morgan fingerprint density at radius 3 is 2.17 bits per heavy atom. The van der Waals surface area contributed by atoms with E-state index in [9.17, 15) is 13.6 Å².